The first-order chi connectivity index (χ1) is 29.4. The number of carboxylic acids is 1. The number of anilines is 1. The van der Waals surface area contributed by atoms with Crippen LogP contribution in [0.1, 0.15) is 99.6 Å². The predicted molar refractivity (Wildman–Crippen MR) is 240 cm³/mol. The molecule has 6 N–H and O–H groups in total. The number of ether oxygens (including phenoxy) is 4. The topological polar surface area (TPSA) is 257 Å². The zero-order valence-corrected chi connectivity index (χ0v) is 39.9. The number of aliphatic carboxylic acids is 1. The van der Waals surface area contributed by atoms with E-state index in [2.05, 4.69) is 20.9 Å². The maximum absolute atomic E-state index is 14.6. The summed E-state index contributed by atoms with van der Waals surface area (Å²) in [5.41, 5.74) is 3.06. The molecule has 1 aromatic heterocycles. The van der Waals surface area contributed by atoms with Crippen LogP contribution in [0.25, 0.3) is 0 Å². The van der Waals surface area contributed by atoms with Crippen molar-refractivity contribution in [3.05, 3.63) is 22.7 Å². The standard InChI is InChI=1S/C41H65FN6O12S3/c1-39(2,3)47-27(36(53)54)23-63-29-10-9-28(29)62-22-26(45-31(49)11-14-41(6,7)59-18-15-40(4,5)37(55)61-8)34(52)44-16-12-32(50)58-21-33(51)57-20-24-19-25(42)35(60-24)48-17-13-30(43)46-38(48)56/h13,17,24-29,35,47H,9-12,14-16,18-23H2,1-8H3,(H,44,52)(H,45,49)(H,53,54)(H2,43,46,56)/t24-,25-,26?,27?,28?,29?,35?/m1/s1. The van der Waals surface area contributed by atoms with Crippen LogP contribution in [0.5, 0.6) is 0 Å². The van der Waals surface area contributed by atoms with Gasteiger partial charge in [-0.2, -0.15) is 28.5 Å². The Morgan fingerprint density at radius 1 is 0.984 bits per heavy atom. The van der Waals surface area contributed by atoms with Crippen LogP contribution >= 0.6 is 35.3 Å². The number of rotatable bonds is 26. The van der Waals surface area contributed by atoms with Gasteiger partial charge in [0.15, 0.2) is 18.0 Å². The highest BCUT2D eigenvalue weighted by Crippen LogP contribution is 2.41. The van der Waals surface area contributed by atoms with Crippen LogP contribution in [0.2, 0.25) is 0 Å². The Labute approximate surface area is 380 Å². The molecular formula is C41H65FN6O12S3. The average molecular weight is 949 g/mol. The SMILES string of the molecule is CSC(=O)C(C)(C)CCOC(C)(C)CCC(=O)NC(CSC1CCC1SCC(NC(C)(C)C)C(=O)O)C(=O)NCCC(=O)OCC(=O)OC[C@H]1C[C@@H](F)C(n2ccc(N)nc2=O)O1. The number of nitrogens with two attached hydrogens (primary N) is 1. The van der Waals surface area contributed by atoms with Gasteiger partial charge in [-0.25, -0.2) is 14.0 Å². The number of esters is 2. The molecule has 2 aliphatic rings. The lowest BCUT2D eigenvalue weighted by atomic mass is 9.91. The second kappa shape index (κ2) is 24.7. The second-order valence-corrected chi connectivity index (χ2v) is 21.1. The summed E-state index contributed by atoms with van der Waals surface area (Å²) < 4.78 is 37.3. The minimum absolute atomic E-state index is 0.0281. The number of halogens is 1. The molecule has 18 nitrogen and oxygen atoms in total. The molecule has 0 radical (unpaired) electrons. The highest BCUT2D eigenvalue weighted by molar-refractivity contribution is 8.13. The van der Waals surface area contributed by atoms with E-state index < -0.39 is 77.7 Å². The fraction of sp³-hybridized carbons (Fsp3) is 0.756. The third-order valence-corrected chi connectivity index (χ3v) is 14.4. The smallest absolute Gasteiger partial charge is 0.351 e. The number of hydrogen-bond acceptors (Lipinski definition) is 17. The van der Waals surface area contributed by atoms with Crippen LogP contribution in [0, 0.1) is 5.41 Å². The number of nitrogen functional groups attached to an aromatic ring is 1. The van der Waals surface area contributed by atoms with Crippen LogP contribution < -0.4 is 27.4 Å². The Kier molecular flexibility index (Phi) is 21.2. The molecule has 3 rings (SSSR count). The van der Waals surface area contributed by atoms with E-state index in [-0.39, 0.29) is 71.0 Å². The minimum Gasteiger partial charge on any atom is -0.480 e. The summed E-state index contributed by atoms with van der Waals surface area (Å²) in [5, 5.41) is 18.7. The molecule has 2 amide bonds. The summed E-state index contributed by atoms with van der Waals surface area (Å²) in [7, 11) is 0. The molecule has 1 aliphatic heterocycles. The number of thioether (sulfide) groups is 3. The first kappa shape index (κ1) is 53.9. The van der Waals surface area contributed by atoms with Crippen molar-refractivity contribution in [3.8, 4) is 0 Å². The van der Waals surface area contributed by atoms with Crippen molar-refractivity contribution in [2.24, 2.45) is 5.41 Å². The Balaban J connectivity index is 1.49. The van der Waals surface area contributed by atoms with Crippen LogP contribution in [-0.4, -0.2) is 140 Å². The largest absolute Gasteiger partial charge is 0.480 e. The van der Waals surface area contributed by atoms with Gasteiger partial charge in [0.25, 0.3) is 0 Å². The van der Waals surface area contributed by atoms with Gasteiger partial charge in [-0.15, -0.1) is 0 Å². The lowest BCUT2D eigenvalue weighted by molar-refractivity contribution is -0.161. The Morgan fingerprint density at radius 3 is 2.22 bits per heavy atom. The normalized spacial score (nSPS) is 21.1. The monoisotopic (exact) mass is 948 g/mol. The number of nitrogens with one attached hydrogen (secondary N) is 3. The molecule has 63 heavy (non-hydrogen) atoms. The van der Waals surface area contributed by atoms with Crippen molar-refractivity contribution in [2.45, 2.75) is 146 Å². The average Bonchev–Trinajstić information content (AvgIpc) is 3.55. The van der Waals surface area contributed by atoms with Crippen molar-refractivity contribution in [1.82, 2.24) is 25.5 Å². The van der Waals surface area contributed by atoms with E-state index in [0.717, 1.165) is 17.4 Å². The lowest BCUT2D eigenvalue weighted by Crippen LogP contribution is -2.50. The molecule has 1 aromatic rings. The number of carbonyl (C=O) groups excluding carboxylic acids is 5. The molecule has 0 spiro atoms. The van der Waals surface area contributed by atoms with Crippen molar-refractivity contribution >= 4 is 75.9 Å². The summed E-state index contributed by atoms with van der Waals surface area (Å²) in [6.45, 7) is 12.2. The number of alkyl halides is 1. The number of carbonyl (C=O) groups is 6. The summed E-state index contributed by atoms with van der Waals surface area (Å²) in [6, 6.07) is -0.371. The summed E-state index contributed by atoms with van der Waals surface area (Å²) in [6.07, 6.45) is 1.47. The van der Waals surface area contributed by atoms with Crippen molar-refractivity contribution < 1.29 is 57.2 Å². The predicted octanol–water partition coefficient (Wildman–Crippen LogP) is 3.25. The van der Waals surface area contributed by atoms with E-state index >= 15 is 0 Å². The van der Waals surface area contributed by atoms with Crippen LogP contribution in [0.3, 0.4) is 0 Å². The number of hydrogen-bond donors (Lipinski definition) is 5. The Hall–Kier alpha value is -3.44. The summed E-state index contributed by atoms with van der Waals surface area (Å²) >= 11 is 4.26. The Bertz CT molecular complexity index is 1800. The Morgan fingerprint density at radius 2 is 1.63 bits per heavy atom. The van der Waals surface area contributed by atoms with E-state index in [9.17, 15) is 43.1 Å². The van der Waals surface area contributed by atoms with Gasteiger partial charge in [0.2, 0.25) is 11.8 Å². The van der Waals surface area contributed by atoms with Crippen LogP contribution in [-0.2, 0) is 47.7 Å². The zero-order valence-electron chi connectivity index (χ0n) is 37.4. The molecular weight excluding hydrogens is 884 g/mol. The van der Waals surface area contributed by atoms with E-state index in [1.807, 2.05) is 48.5 Å². The van der Waals surface area contributed by atoms with E-state index in [0.29, 0.717) is 25.2 Å². The van der Waals surface area contributed by atoms with Gasteiger partial charge in [0, 0.05) is 65.1 Å². The zero-order chi connectivity index (χ0) is 47.1. The van der Waals surface area contributed by atoms with E-state index in [1.54, 1.807) is 18.0 Å². The van der Waals surface area contributed by atoms with Crippen LogP contribution in [0.4, 0.5) is 10.2 Å². The van der Waals surface area contributed by atoms with Crippen molar-refractivity contribution in [2.75, 3.05) is 49.9 Å². The molecule has 0 bridgehead atoms. The quantitative estimate of drug-likeness (QED) is 0.0836. The highest BCUT2D eigenvalue weighted by atomic mass is 32.2. The van der Waals surface area contributed by atoms with Gasteiger partial charge in [-0.05, 0) is 72.6 Å². The minimum atomic E-state index is -1.58. The molecule has 2 fully saturated rings. The molecule has 1 saturated heterocycles. The maximum Gasteiger partial charge on any atom is 0.351 e. The van der Waals surface area contributed by atoms with Gasteiger partial charge in [-0.1, -0.05) is 25.6 Å². The second-order valence-electron chi connectivity index (χ2n) is 17.8. The number of amides is 2. The first-order valence-corrected chi connectivity index (χ1v) is 24.2. The van der Waals surface area contributed by atoms with Gasteiger partial charge < -0.3 is 40.4 Å². The molecule has 7 atom stereocenters. The number of aromatic nitrogens is 2. The van der Waals surface area contributed by atoms with E-state index in [1.165, 1.54) is 35.8 Å². The summed E-state index contributed by atoms with van der Waals surface area (Å²) in [5.74, 6) is -3.00. The molecule has 0 aromatic carbocycles. The third kappa shape index (κ3) is 18.9. The molecule has 2 heterocycles. The molecule has 5 unspecified atom stereocenters. The maximum atomic E-state index is 14.6. The van der Waals surface area contributed by atoms with Gasteiger partial charge in [0.05, 0.1) is 18.1 Å². The molecule has 1 aliphatic carbocycles. The van der Waals surface area contributed by atoms with Gasteiger partial charge >= 0.3 is 23.6 Å². The fourth-order valence-electron chi connectivity index (χ4n) is 6.38. The summed E-state index contributed by atoms with van der Waals surface area (Å²) in [4.78, 5) is 91.3. The third-order valence-electron chi connectivity index (χ3n) is 10.2. The van der Waals surface area contributed by atoms with Crippen LogP contribution in [0.15, 0.2) is 17.1 Å². The number of carboxylic acid groups (broad SMARTS) is 1. The molecule has 356 valence electrons. The molecule has 1 saturated carbocycles. The van der Waals surface area contributed by atoms with Gasteiger partial charge in [0.1, 0.15) is 30.7 Å². The fourth-order valence-corrected chi connectivity index (χ4v) is 10.1. The number of nitrogens with zero attached hydrogens (tertiary/aromatic N) is 2. The van der Waals surface area contributed by atoms with Crippen molar-refractivity contribution in [1.29, 1.82) is 0 Å². The van der Waals surface area contributed by atoms with Gasteiger partial charge in [-0.3, -0.25) is 33.9 Å². The van der Waals surface area contributed by atoms with E-state index in [4.69, 9.17) is 24.7 Å². The molecule has 22 heteroatoms. The van der Waals surface area contributed by atoms with Crippen molar-refractivity contribution in [3.63, 3.8) is 0 Å². The first-order valence-electron chi connectivity index (χ1n) is 20.9. The highest BCUT2D eigenvalue weighted by Gasteiger charge is 2.39. The lowest BCUT2D eigenvalue weighted by Gasteiger charge is -2.37.